The number of aryl methyl sites for hydroxylation is 1. The topological polar surface area (TPSA) is 36.4 Å². The predicted molar refractivity (Wildman–Crippen MR) is 98.7 cm³/mol. The number of hydrazone groups is 1. The summed E-state index contributed by atoms with van der Waals surface area (Å²) in [4.78, 5) is 0. The molecule has 0 heterocycles. The number of rotatable bonds is 4. The highest BCUT2D eigenvalue weighted by atomic mass is 32.1. The second-order valence-corrected chi connectivity index (χ2v) is 5.92. The van der Waals surface area contributed by atoms with Crippen LogP contribution in [0.15, 0.2) is 53.6 Å². The monoisotopic (exact) mass is 311 g/mol. The number of nitrogens with one attached hydrogen (secondary N) is 2. The molecule has 0 fully saturated rings. The quantitative estimate of drug-likeness (QED) is 0.498. The van der Waals surface area contributed by atoms with Crippen molar-refractivity contribution in [2.75, 3.05) is 5.32 Å². The third-order valence-electron chi connectivity index (χ3n) is 3.29. The first-order valence-electron chi connectivity index (χ1n) is 7.31. The molecule has 0 aromatic heterocycles. The normalized spacial score (nSPS) is 10.9. The summed E-state index contributed by atoms with van der Waals surface area (Å²) in [7, 11) is 0. The van der Waals surface area contributed by atoms with E-state index in [1.54, 1.807) is 6.21 Å². The van der Waals surface area contributed by atoms with Crippen molar-refractivity contribution in [3.8, 4) is 0 Å². The Morgan fingerprint density at radius 1 is 1.05 bits per heavy atom. The van der Waals surface area contributed by atoms with Gasteiger partial charge in [0.1, 0.15) is 0 Å². The summed E-state index contributed by atoms with van der Waals surface area (Å²) in [5.41, 5.74) is 7.34. The van der Waals surface area contributed by atoms with E-state index in [1.807, 2.05) is 24.3 Å². The maximum atomic E-state index is 5.20. The molecule has 2 rings (SSSR count). The zero-order valence-corrected chi connectivity index (χ0v) is 13.9. The number of anilines is 1. The average molecular weight is 311 g/mol. The Balaban J connectivity index is 1.86. The van der Waals surface area contributed by atoms with E-state index < -0.39 is 0 Å². The fraction of sp³-hybridized carbons (Fsp3) is 0.222. The highest BCUT2D eigenvalue weighted by Crippen LogP contribution is 2.13. The molecule has 3 nitrogen and oxygen atoms in total. The van der Waals surface area contributed by atoms with Crippen molar-refractivity contribution in [1.29, 1.82) is 0 Å². The lowest BCUT2D eigenvalue weighted by atomic mass is 10.0. The molecule has 2 aromatic carbocycles. The molecule has 2 N–H and O–H groups in total. The second kappa shape index (κ2) is 7.71. The Hall–Kier alpha value is -2.20. The highest BCUT2D eigenvalue weighted by Gasteiger charge is 1.98. The third kappa shape index (κ3) is 4.97. The zero-order chi connectivity index (χ0) is 15.9. The molecule has 0 aliphatic carbocycles. The van der Waals surface area contributed by atoms with E-state index in [1.165, 1.54) is 11.1 Å². The largest absolute Gasteiger partial charge is 0.331 e. The molecule has 0 unspecified atom stereocenters. The van der Waals surface area contributed by atoms with Gasteiger partial charge in [-0.05, 0) is 48.3 Å². The van der Waals surface area contributed by atoms with Crippen molar-refractivity contribution in [1.82, 2.24) is 5.43 Å². The lowest BCUT2D eigenvalue weighted by Gasteiger charge is -2.07. The Morgan fingerprint density at radius 3 is 2.27 bits per heavy atom. The second-order valence-electron chi connectivity index (χ2n) is 5.51. The van der Waals surface area contributed by atoms with Crippen LogP contribution in [0.5, 0.6) is 0 Å². The molecular weight excluding hydrogens is 290 g/mol. The van der Waals surface area contributed by atoms with Crippen LogP contribution in [0.25, 0.3) is 0 Å². The van der Waals surface area contributed by atoms with Crippen LogP contribution in [-0.4, -0.2) is 11.3 Å². The van der Waals surface area contributed by atoms with Crippen LogP contribution in [0.2, 0.25) is 0 Å². The Kier molecular flexibility index (Phi) is 5.67. The predicted octanol–water partition coefficient (Wildman–Crippen LogP) is 4.44. The number of benzene rings is 2. The molecule has 0 spiro atoms. The van der Waals surface area contributed by atoms with Gasteiger partial charge in [0.25, 0.3) is 0 Å². The molecule has 0 saturated heterocycles. The average Bonchev–Trinajstić information content (AvgIpc) is 2.50. The zero-order valence-electron chi connectivity index (χ0n) is 13.1. The van der Waals surface area contributed by atoms with E-state index >= 15 is 0 Å². The van der Waals surface area contributed by atoms with Gasteiger partial charge in [0.15, 0.2) is 5.11 Å². The SMILES string of the molecule is Cc1ccc(NC(=S)NN=Cc2ccc(C(C)C)cc2)cc1. The first-order chi connectivity index (χ1) is 10.5. The van der Waals surface area contributed by atoms with Crippen molar-refractivity contribution in [2.24, 2.45) is 5.10 Å². The maximum Gasteiger partial charge on any atom is 0.191 e. The summed E-state index contributed by atoms with van der Waals surface area (Å²) in [6.07, 6.45) is 1.76. The van der Waals surface area contributed by atoms with Crippen molar-refractivity contribution < 1.29 is 0 Å². The van der Waals surface area contributed by atoms with E-state index in [0.29, 0.717) is 11.0 Å². The molecule has 2 aromatic rings. The summed E-state index contributed by atoms with van der Waals surface area (Å²) >= 11 is 5.20. The summed E-state index contributed by atoms with van der Waals surface area (Å²) in [5, 5.41) is 7.71. The van der Waals surface area contributed by atoms with Gasteiger partial charge in [0.05, 0.1) is 6.21 Å². The van der Waals surface area contributed by atoms with Gasteiger partial charge < -0.3 is 5.32 Å². The molecular formula is C18H21N3S. The van der Waals surface area contributed by atoms with E-state index in [9.17, 15) is 0 Å². The Bertz CT molecular complexity index is 643. The van der Waals surface area contributed by atoms with E-state index in [-0.39, 0.29) is 0 Å². The van der Waals surface area contributed by atoms with Gasteiger partial charge in [-0.1, -0.05) is 55.8 Å². The molecule has 0 bridgehead atoms. The first-order valence-corrected chi connectivity index (χ1v) is 7.72. The van der Waals surface area contributed by atoms with Crippen LogP contribution >= 0.6 is 12.2 Å². The molecule has 0 atom stereocenters. The number of hydrogen-bond donors (Lipinski definition) is 2. The van der Waals surface area contributed by atoms with Gasteiger partial charge in [0, 0.05) is 5.69 Å². The van der Waals surface area contributed by atoms with Crippen molar-refractivity contribution >= 4 is 29.2 Å². The summed E-state index contributed by atoms with van der Waals surface area (Å²) in [5.74, 6) is 0.537. The van der Waals surface area contributed by atoms with E-state index in [2.05, 4.69) is 60.9 Å². The van der Waals surface area contributed by atoms with Crippen molar-refractivity contribution in [3.05, 3.63) is 65.2 Å². The minimum Gasteiger partial charge on any atom is -0.331 e. The number of nitrogens with zero attached hydrogens (tertiary/aromatic N) is 1. The molecule has 0 amide bonds. The summed E-state index contributed by atoms with van der Waals surface area (Å²) in [6.45, 7) is 6.41. The Morgan fingerprint density at radius 2 is 1.68 bits per heavy atom. The third-order valence-corrected chi connectivity index (χ3v) is 3.49. The lowest BCUT2D eigenvalue weighted by Crippen LogP contribution is -2.23. The number of thiocarbonyl (C=S) groups is 1. The van der Waals surface area contributed by atoms with Gasteiger partial charge >= 0.3 is 0 Å². The fourth-order valence-electron chi connectivity index (χ4n) is 1.93. The van der Waals surface area contributed by atoms with Crippen LogP contribution in [0.1, 0.15) is 36.5 Å². The van der Waals surface area contributed by atoms with Crippen molar-refractivity contribution in [3.63, 3.8) is 0 Å². The standard InChI is InChI=1S/C18H21N3S/c1-13(2)16-8-6-15(7-9-16)12-19-21-18(22)20-17-10-4-14(3)5-11-17/h4-13H,1-3H3,(H2,20,21,22). The summed E-state index contributed by atoms with van der Waals surface area (Å²) < 4.78 is 0. The van der Waals surface area contributed by atoms with Gasteiger partial charge in [0.2, 0.25) is 0 Å². The smallest absolute Gasteiger partial charge is 0.191 e. The highest BCUT2D eigenvalue weighted by molar-refractivity contribution is 7.80. The maximum absolute atomic E-state index is 5.20. The van der Waals surface area contributed by atoms with E-state index in [0.717, 1.165) is 11.3 Å². The minimum atomic E-state index is 0.471. The van der Waals surface area contributed by atoms with Gasteiger partial charge in [-0.25, -0.2) is 0 Å². The fourth-order valence-corrected chi connectivity index (χ4v) is 2.10. The van der Waals surface area contributed by atoms with E-state index in [4.69, 9.17) is 12.2 Å². The molecule has 0 radical (unpaired) electrons. The van der Waals surface area contributed by atoms with Crippen LogP contribution in [0, 0.1) is 6.92 Å². The van der Waals surface area contributed by atoms with Gasteiger partial charge in [-0.3, -0.25) is 5.43 Å². The molecule has 114 valence electrons. The lowest BCUT2D eigenvalue weighted by molar-refractivity contribution is 0.866. The molecule has 0 saturated carbocycles. The minimum absolute atomic E-state index is 0.471. The van der Waals surface area contributed by atoms with Crippen LogP contribution in [0.3, 0.4) is 0 Å². The van der Waals surface area contributed by atoms with Crippen LogP contribution < -0.4 is 10.7 Å². The van der Waals surface area contributed by atoms with Gasteiger partial charge in [-0.2, -0.15) is 5.10 Å². The number of hydrogen-bond acceptors (Lipinski definition) is 2. The molecule has 0 aliphatic rings. The summed E-state index contributed by atoms with van der Waals surface area (Å²) in [6, 6.07) is 16.4. The Labute approximate surface area is 137 Å². The van der Waals surface area contributed by atoms with Crippen LogP contribution in [-0.2, 0) is 0 Å². The van der Waals surface area contributed by atoms with Crippen LogP contribution in [0.4, 0.5) is 5.69 Å². The first kappa shape index (κ1) is 16.2. The molecule has 22 heavy (non-hydrogen) atoms. The van der Waals surface area contributed by atoms with Gasteiger partial charge in [-0.15, -0.1) is 0 Å². The van der Waals surface area contributed by atoms with Crippen molar-refractivity contribution in [2.45, 2.75) is 26.7 Å². The molecule has 0 aliphatic heterocycles. The molecule has 4 heteroatoms.